The molecule has 116 valence electrons. The van der Waals surface area contributed by atoms with E-state index in [0.717, 1.165) is 10.1 Å². The number of aromatic carboxylic acids is 1. The molecule has 0 bridgehead atoms. The Morgan fingerprint density at radius 1 is 1.23 bits per heavy atom. The van der Waals surface area contributed by atoms with Crippen LogP contribution in [0.1, 0.15) is 21.6 Å². The van der Waals surface area contributed by atoms with Crippen LogP contribution in [0.5, 0.6) is 0 Å². The lowest BCUT2D eigenvalue weighted by Gasteiger charge is -2.13. The number of carboxylic acid groups (broad SMARTS) is 1. The van der Waals surface area contributed by atoms with Crippen molar-refractivity contribution in [1.29, 1.82) is 0 Å². The minimum absolute atomic E-state index is 0.0395. The molecule has 7 heteroatoms. The van der Waals surface area contributed by atoms with Crippen molar-refractivity contribution in [1.82, 2.24) is 14.5 Å². The van der Waals surface area contributed by atoms with Gasteiger partial charge >= 0.3 is 11.7 Å². The van der Waals surface area contributed by atoms with E-state index in [2.05, 4.69) is 4.98 Å². The smallest absolute Gasteiger partial charge is 0.352 e. The second-order valence-electron chi connectivity index (χ2n) is 5.30. The zero-order chi connectivity index (χ0) is 16.4. The Balaban J connectivity index is 2.76. The molecular formula is C15H17N3O4. The zero-order valence-electron chi connectivity index (χ0n) is 12.6. The number of aromatic nitrogens is 2. The molecule has 2 aromatic rings. The fourth-order valence-electron chi connectivity index (χ4n) is 2.15. The molecule has 1 aromatic heterocycles. The summed E-state index contributed by atoms with van der Waals surface area (Å²) in [5.41, 5.74) is -0.338. The number of nitrogens with one attached hydrogen (secondary N) is 1. The van der Waals surface area contributed by atoms with Crippen LogP contribution in [0.25, 0.3) is 5.69 Å². The lowest BCUT2D eigenvalue weighted by Crippen LogP contribution is -2.39. The van der Waals surface area contributed by atoms with Gasteiger partial charge in [0.25, 0.3) is 5.56 Å². The molecule has 0 atom stereocenters. The summed E-state index contributed by atoms with van der Waals surface area (Å²) in [7, 11) is 3.43. The van der Waals surface area contributed by atoms with E-state index in [-0.39, 0.29) is 17.8 Å². The predicted octanol–water partition coefficient (Wildman–Crippen LogP) is 0.594. The molecule has 2 N–H and O–H groups in total. The van der Waals surface area contributed by atoms with E-state index in [1.807, 2.05) is 6.92 Å². The van der Waals surface area contributed by atoms with Gasteiger partial charge in [0.05, 0.1) is 11.3 Å². The van der Waals surface area contributed by atoms with Crippen molar-refractivity contribution in [3.63, 3.8) is 0 Å². The van der Waals surface area contributed by atoms with Crippen LogP contribution in [0.4, 0.5) is 0 Å². The maximum absolute atomic E-state index is 12.6. The first kappa shape index (κ1) is 15.7. The van der Waals surface area contributed by atoms with E-state index >= 15 is 0 Å². The van der Waals surface area contributed by atoms with Crippen molar-refractivity contribution in [3.05, 3.63) is 61.9 Å². The summed E-state index contributed by atoms with van der Waals surface area (Å²) in [6.45, 7) is 2.00. The van der Waals surface area contributed by atoms with E-state index in [9.17, 15) is 19.5 Å². The lowest BCUT2D eigenvalue weighted by atomic mass is 10.2. The Morgan fingerprint density at radius 2 is 1.82 bits per heavy atom. The average molecular weight is 303 g/mol. The quantitative estimate of drug-likeness (QED) is 0.862. The number of carbonyl (C=O) groups is 1. The summed E-state index contributed by atoms with van der Waals surface area (Å²) < 4.78 is 0.949. The fraction of sp³-hybridized carbons (Fsp3) is 0.267. The molecule has 0 saturated heterocycles. The van der Waals surface area contributed by atoms with Crippen LogP contribution >= 0.6 is 0 Å². The molecule has 0 aliphatic heterocycles. The van der Waals surface area contributed by atoms with Gasteiger partial charge in [0.2, 0.25) is 0 Å². The average Bonchev–Trinajstić information content (AvgIpc) is 2.43. The van der Waals surface area contributed by atoms with Gasteiger partial charge in [-0.3, -0.25) is 4.79 Å². The molecule has 0 fully saturated rings. The van der Waals surface area contributed by atoms with Crippen molar-refractivity contribution in [2.24, 2.45) is 0 Å². The highest BCUT2D eigenvalue weighted by atomic mass is 16.4. The highest BCUT2D eigenvalue weighted by Crippen LogP contribution is 2.07. The zero-order valence-corrected chi connectivity index (χ0v) is 12.6. The van der Waals surface area contributed by atoms with Crippen LogP contribution in [-0.2, 0) is 6.54 Å². The molecule has 1 heterocycles. The highest BCUT2D eigenvalue weighted by molar-refractivity contribution is 5.86. The Labute approximate surface area is 126 Å². The molecule has 22 heavy (non-hydrogen) atoms. The number of carboxylic acids is 1. The molecule has 7 nitrogen and oxygen atoms in total. The van der Waals surface area contributed by atoms with Gasteiger partial charge in [0, 0.05) is 6.54 Å². The fourth-order valence-corrected chi connectivity index (χ4v) is 2.15. The maximum atomic E-state index is 12.6. The number of hydrogen-bond acceptors (Lipinski definition) is 4. The third-order valence-corrected chi connectivity index (χ3v) is 3.18. The summed E-state index contributed by atoms with van der Waals surface area (Å²) in [5.74, 6) is -1.33. The van der Waals surface area contributed by atoms with E-state index < -0.39 is 17.2 Å². The van der Waals surface area contributed by atoms with Gasteiger partial charge in [-0.1, -0.05) is 17.7 Å². The highest BCUT2D eigenvalue weighted by Gasteiger charge is 2.20. The van der Waals surface area contributed by atoms with Crippen LogP contribution in [0.15, 0.2) is 33.9 Å². The topological polar surface area (TPSA) is 95.4 Å². The predicted molar refractivity (Wildman–Crippen MR) is 81.7 cm³/mol. The second kappa shape index (κ2) is 5.98. The molecule has 0 radical (unpaired) electrons. The molecule has 0 spiro atoms. The van der Waals surface area contributed by atoms with Gasteiger partial charge < -0.3 is 15.0 Å². The summed E-state index contributed by atoms with van der Waals surface area (Å²) in [6, 6.07) is 6.84. The van der Waals surface area contributed by atoms with Crippen molar-refractivity contribution in [3.8, 4) is 5.69 Å². The first-order valence-electron chi connectivity index (χ1n) is 6.64. The number of H-pyrrole nitrogens is 1. The Morgan fingerprint density at radius 3 is 2.32 bits per heavy atom. The van der Waals surface area contributed by atoms with Gasteiger partial charge in [-0.2, -0.15) is 0 Å². The largest absolute Gasteiger partial charge is 0.477 e. The molecule has 0 aliphatic carbocycles. The number of hydrogen-bond donors (Lipinski definition) is 2. The number of aryl methyl sites for hydroxylation is 1. The van der Waals surface area contributed by atoms with Crippen molar-refractivity contribution in [2.45, 2.75) is 13.5 Å². The molecular weight excluding hydrogens is 286 g/mol. The van der Waals surface area contributed by atoms with Gasteiger partial charge in [-0.15, -0.1) is 0 Å². The van der Waals surface area contributed by atoms with Gasteiger partial charge in [-0.25, -0.2) is 14.2 Å². The molecule has 0 saturated carbocycles. The normalized spacial score (nSPS) is 10.9. The second-order valence-corrected chi connectivity index (χ2v) is 5.30. The van der Waals surface area contributed by atoms with E-state index in [1.165, 1.54) is 0 Å². The summed E-state index contributed by atoms with van der Waals surface area (Å²) in [6.07, 6.45) is 0. The Hall–Kier alpha value is -2.67. The van der Waals surface area contributed by atoms with Crippen LogP contribution in [0, 0.1) is 6.92 Å². The molecule has 0 aliphatic rings. The number of nitrogens with zero attached hydrogens (tertiary/aromatic N) is 2. The first-order chi connectivity index (χ1) is 10.3. The molecule has 0 unspecified atom stereocenters. The van der Waals surface area contributed by atoms with E-state index in [1.54, 1.807) is 43.3 Å². The van der Waals surface area contributed by atoms with E-state index in [0.29, 0.717) is 5.69 Å². The SMILES string of the molecule is Cc1ccc(-n2c(=O)[nH]c(C(=O)O)c(CN(C)C)c2=O)cc1. The van der Waals surface area contributed by atoms with Gasteiger partial charge in [0.15, 0.2) is 0 Å². The summed E-state index contributed by atoms with van der Waals surface area (Å²) in [4.78, 5) is 39.9. The molecule has 2 rings (SSSR count). The molecule has 1 aromatic carbocycles. The third-order valence-electron chi connectivity index (χ3n) is 3.18. The van der Waals surface area contributed by atoms with Crippen LogP contribution in [0.3, 0.4) is 0 Å². The van der Waals surface area contributed by atoms with Gasteiger partial charge in [0.1, 0.15) is 5.69 Å². The minimum atomic E-state index is -1.33. The van der Waals surface area contributed by atoms with Crippen molar-refractivity contribution >= 4 is 5.97 Å². The lowest BCUT2D eigenvalue weighted by molar-refractivity contribution is 0.0687. The number of benzene rings is 1. The van der Waals surface area contributed by atoms with Crippen LogP contribution in [-0.4, -0.2) is 39.6 Å². The minimum Gasteiger partial charge on any atom is -0.477 e. The van der Waals surface area contributed by atoms with Crippen molar-refractivity contribution in [2.75, 3.05) is 14.1 Å². The van der Waals surface area contributed by atoms with Gasteiger partial charge in [-0.05, 0) is 33.2 Å². The Kier molecular flexibility index (Phi) is 4.27. The van der Waals surface area contributed by atoms with E-state index in [4.69, 9.17) is 0 Å². The maximum Gasteiger partial charge on any atom is 0.352 e. The third kappa shape index (κ3) is 2.99. The standard InChI is InChI=1S/C15H17N3O4/c1-9-4-6-10(7-5-9)18-13(19)11(8-17(2)3)12(14(20)21)16-15(18)22/h4-7H,8H2,1-3H3,(H,16,22)(H,20,21). The number of aromatic amines is 1. The number of rotatable bonds is 4. The first-order valence-corrected chi connectivity index (χ1v) is 6.64. The van der Waals surface area contributed by atoms with Crippen LogP contribution in [0.2, 0.25) is 0 Å². The summed E-state index contributed by atoms with van der Waals surface area (Å²) >= 11 is 0. The van der Waals surface area contributed by atoms with Crippen molar-refractivity contribution < 1.29 is 9.90 Å². The summed E-state index contributed by atoms with van der Waals surface area (Å²) in [5, 5.41) is 9.19. The molecule has 0 amide bonds. The van der Waals surface area contributed by atoms with Crippen LogP contribution < -0.4 is 11.2 Å². The monoisotopic (exact) mass is 303 g/mol. The Bertz CT molecular complexity index is 816.